The Labute approximate surface area is 291 Å². The van der Waals surface area contributed by atoms with Crippen molar-refractivity contribution in [3.05, 3.63) is 35.9 Å². The highest BCUT2D eigenvalue weighted by molar-refractivity contribution is 5.95. The second kappa shape index (κ2) is 17.3. The van der Waals surface area contributed by atoms with Crippen molar-refractivity contribution in [1.29, 1.82) is 0 Å². The maximum atomic E-state index is 14.4. The van der Waals surface area contributed by atoms with Crippen molar-refractivity contribution in [2.45, 2.75) is 137 Å². The number of aliphatic hydroxyl groups excluding tert-OH is 1. The van der Waals surface area contributed by atoms with Crippen LogP contribution in [0.4, 0.5) is 4.79 Å². The molecule has 0 spiro atoms. The number of hydrogen-bond donors (Lipinski definition) is 5. The second-order valence-corrected chi connectivity index (χ2v) is 15.2. The molecule has 1 aromatic carbocycles. The fourth-order valence-electron chi connectivity index (χ4n) is 6.93. The molecule has 5 N–H and O–H groups in total. The maximum absolute atomic E-state index is 14.4. The van der Waals surface area contributed by atoms with Gasteiger partial charge >= 0.3 is 6.09 Å². The van der Waals surface area contributed by atoms with E-state index < -0.39 is 59.5 Å². The lowest BCUT2D eigenvalue weighted by Crippen LogP contribution is -2.62. The van der Waals surface area contributed by atoms with E-state index in [1.807, 2.05) is 58.0 Å². The van der Waals surface area contributed by atoms with Crippen LogP contribution in [0.1, 0.15) is 99.5 Å². The molecule has 4 rings (SSSR count). The number of hydrogen-bond acceptors (Lipinski definition) is 7. The van der Waals surface area contributed by atoms with Crippen LogP contribution in [-0.4, -0.2) is 82.6 Å². The molecule has 2 unspecified atom stereocenters. The molecule has 3 aliphatic rings. The SMILES string of the molecule is C.CCCC(NC(=O)[C@@H]1[C@H]2CCC[C@H]2CN1C(=O)[C@@H](NC(=O)[C@@H](NC(=O)OCc1ccccc1)C(C)C)C(C)(C)C)C(O)C(=O)NC1CC1. The largest absolute Gasteiger partial charge is 0.445 e. The fraction of sp³-hybridized carbons (Fsp3) is 0.703. The number of carbonyl (C=O) groups is 5. The van der Waals surface area contributed by atoms with Gasteiger partial charge in [-0.15, -0.1) is 0 Å². The number of fused-ring (bicyclic) bond motifs is 1. The molecule has 0 radical (unpaired) electrons. The Bertz CT molecular complexity index is 1300. The minimum absolute atomic E-state index is 0. The molecule has 3 fully saturated rings. The molecule has 12 nitrogen and oxygen atoms in total. The Morgan fingerprint density at radius 3 is 2.22 bits per heavy atom. The average molecular weight is 686 g/mol. The van der Waals surface area contributed by atoms with Crippen molar-refractivity contribution >= 4 is 29.7 Å². The molecule has 1 aromatic rings. The molecule has 2 saturated carbocycles. The number of aliphatic hydroxyl groups is 1. The predicted octanol–water partition coefficient (Wildman–Crippen LogP) is 3.66. The van der Waals surface area contributed by atoms with Gasteiger partial charge in [-0.3, -0.25) is 19.2 Å². The molecule has 49 heavy (non-hydrogen) atoms. The summed E-state index contributed by atoms with van der Waals surface area (Å²) in [6.45, 7) is 11.5. The van der Waals surface area contributed by atoms with Crippen LogP contribution in [0.3, 0.4) is 0 Å². The van der Waals surface area contributed by atoms with Crippen LogP contribution in [-0.2, 0) is 30.5 Å². The van der Waals surface area contributed by atoms with Gasteiger partial charge in [-0.05, 0) is 60.8 Å². The Balaban J connectivity index is 0.00000650. The number of likely N-dealkylation sites (tertiary alicyclic amines) is 1. The Morgan fingerprint density at radius 1 is 0.959 bits per heavy atom. The highest BCUT2D eigenvalue weighted by atomic mass is 16.5. The minimum Gasteiger partial charge on any atom is -0.445 e. The quantitative estimate of drug-likeness (QED) is 0.199. The van der Waals surface area contributed by atoms with Gasteiger partial charge in [0.1, 0.15) is 24.7 Å². The number of nitrogens with one attached hydrogen (secondary N) is 4. The molecular formula is C37H59N5O7. The highest BCUT2D eigenvalue weighted by Gasteiger charge is 2.52. The number of ether oxygens (including phenoxy) is 1. The Kier molecular flexibility index (Phi) is 14.1. The molecule has 12 heteroatoms. The molecule has 274 valence electrons. The van der Waals surface area contributed by atoms with E-state index in [0.29, 0.717) is 19.4 Å². The molecule has 7 atom stereocenters. The smallest absolute Gasteiger partial charge is 0.408 e. The van der Waals surface area contributed by atoms with Gasteiger partial charge in [0, 0.05) is 12.6 Å². The zero-order chi connectivity index (χ0) is 35.2. The van der Waals surface area contributed by atoms with E-state index in [1.165, 1.54) is 0 Å². The summed E-state index contributed by atoms with van der Waals surface area (Å²) in [5.41, 5.74) is 0.0745. The number of rotatable bonds is 14. The van der Waals surface area contributed by atoms with E-state index in [1.54, 1.807) is 18.7 Å². The van der Waals surface area contributed by atoms with Gasteiger partial charge in [-0.1, -0.05) is 92.1 Å². The van der Waals surface area contributed by atoms with Crippen LogP contribution in [0, 0.1) is 23.2 Å². The van der Waals surface area contributed by atoms with Crippen LogP contribution in [0.15, 0.2) is 30.3 Å². The maximum Gasteiger partial charge on any atom is 0.408 e. The molecule has 0 aromatic heterocycles. The van der Waals surface area contributed by atoms with Crippen molar-refractivity contribution in [3.8, 4) is 0 Å². The summed E-state index contributed by atoms with van der Waals surface area (Å²) in [5.74, 6) is -2.03. The monoisotopic (exact) mass is 685 g/mol. The summed E-state index contributed by atoms with van der Waals surface area (Å²) in [7, 11) is 0. The molecular weight excluding hydrogens is 626 g/mol. The third-order valence-corrected chi connectivity index (χ3v) is 9.78. The van der Waals surface area contributed by atoms with Gasteiger partial charge in [0.2, 0.25) is 17.7 Å². The first-order valence-electron chi connectivity index (χ1n) is 17.6. The van der Waals surface area contributed by atoms with Crippen LogP contribution in [0.5, 0.6) is 0 Å². The number of alkyl carbamates (subject to hydrolysis) is 1. The van der Waals surface area contributed by atoms with Crippen LogP contribution < -0.4 is 21.3 Å². The van der Waals surface area contributed by atoms with Crippen molar-refractivity contribution in [3.63, 3.8) is 0 Å². The minimum atomic E-state index is -1.40. The van der Waals surface area contributed by atoms with Crippen molar-refractivity contribution in [2.75, 3.05) is 6.54 Å². The van der Waals surface area contributed by atoms with Gasteiger partial charge in [0.25, 0.3) is 5.91 Å². The lowest BCUT2D eigenvalue weighted by molar-refractivity contribution is -0.145. The molecule has 1 heterocycles. The summed E-state index contributed by atoms with van der Waals surface area (Å²) < 4.78 is 5.35. The van der Waals surface area contributed by atoms with Crippen molar-refractivity contribution in [2.24, 2.45) is 23.2 Å². The summed E-state index contributed by atoms with van der Waals surface area (Å²) in [5, 5.41) is 22.2. The summed E-state index contributed by atoms with van der Waals surface area (Å²) in [4.78, 5) is 69.2. The second-order valence-electron chi connectivity index (χ2n) is 15.2. The van der Waals surface area contributed by atoms with E-state index in [4.69, 9.17) is 4.74 Å². The first-order chi connectivity index (χ1) is 22.7. The van der Waals surface area contributed by atoms with Crippen LogP contribution >= 0.6 is 0 Å². The normalized spacial score (nSPS) is 22.5. The highest BCUT2D eigenvalue weighted by Crippen LogP contribution is 2.43. The zero-order valence-electron chi connectivity index (χ0n) is 29.3. The van der Waals surface area contributed by atoms with E-state index >= 15 is 0 Å². The summed E-state index contributed by atoms with van der Waals surface area (Å²) in [6.07, 6.45) is 3.27. The number of nitrogens with zero attached hydrogens (tertiary/aromatic N) is 1. The van der Waals surface area contributed by atoms with Gasteiger partial charge in [0.05, 0.1) is 6.04 Å². The summed E-state index contributed by atoms with van der Waals surface area (Å²) in [6, 6.07) is 5.72. The summed E-state index contributed by atoms with van der Waals surface area (Å²) >= 11 is 0. The molecule has 0 bridgehead atoms. The average Bonchev–Trinajstić information content (AvgIpc) is 3.60. The van der Waals surface area contributed by atoms with E-state index in [2.05, 4.69) is 21.3 Å². The van der Waals surface area contributed by atoms with Gasteiger partial charge < -0.3 is 36.0 Å². The molecule has 5 amide bonds. The molecule has 1 aliphatic heterocycles. The number of benzene rings is 1. The van der Waals surface area contributed by atoms with Gasteiger partial charge in [-0.25, -0.2) is 4.79 Å². The van der Waals surface area contributed by atoms with Crippen molar-refractivity contribution in [1.82, 2.24) is 26.2 Å². The number of amides is 5. The first-order valence-corrected chi connectivity index (χ1v) is 17.6. The first kappa shape index (κ1) is 39.8. The Morgan fingerprint density at radius 2 is 1.63 bits per heavy atom. The fourth-order valence-corrected chi connectivity index (χ4v) is 6.93. The van der Waals surface area contributed by atoms with E-state index in [9.17, 15) is 29.1 Å². The lowest BCUT2D eigenvalue weighted by atomic mass is 9.85. The van der Waals surface area contributed by atoms with Crippen LogP contribution in [0.25, 0.3) is 0 Å². The van der Waals surface area contributed by atoms with Gasteiger partial charge in [0.15, 0.2) is 6.10 Å². The van der Waals surface area contributed by atoms with E-state index in [-0.39, 0.29) is 43.7 Å². The van der Waals surface area contributed by atoms with Gasteiger partial charge in [-0.2, -0.15) is 0 Å². The Hall–Kier alpha value is -3.67. The third kappa shape index (κ3) is 10.4. The molecule has 2 aliphatic carbocycles. The topological polar surface area (TPSA) is 166 Å². The number of carbonyl (C=O) groups excluding carboxylic acids is 5. The lowest BCUT2D eigenvalue weighted by Gasteiger charge is -2.37. The zero-order valence-corrected chi connectivity index (χ0v) is 29.3. The standard InChI is InChI=1S/C36H55N5O7.CH4/c1-7-12-26(29(42)33(45)37-24-17-18-24)38-32(44)28-25-16-11-15-23(25)19-41(28)34(46)30(36(4,5)6)40-31(43)27(21(2)3)39-35(47)48-20-22-13-9-8-10-14-22;/h8-10,13-14,21,23-30,42H,7,11-12,15-20H2,1-6H3,(H,37,45)(H,38,44)(H,39,47)(H,40,43);1H4/t23-,25-,26?,27-,28-,29?,30+;/m0./s1. The van der Waals surface area contributed by atoms with E-state index in [0.717, 1.165) is 37.7 Å². The van der Waals surface area contributed by atoms with Crippen molar-refractivity contribution < 1.29 is 33.8 Å². The third-order valence-electron chi connectivity index (χ3n) is 9.78. The van der Waals surface area contributed by atoms with Crippen LogP contribution in [0.2, 0.25) is 0 Å². The predicted molar refractivity (Wildman–Crippen MR) is 187 cm³/mol. The molecule has 1 saturated heterocycles.